The van der Waals surface area contributed by atoms with Crippen LogP contribution >= 0.6 is 0 Å². The quantitative estimate of drug-likeness (QED) is 0.790. The van der Waals surface area contributed by atoms with E-state index in [1.165, 1.54) is 12.1 Å². The highest BCUT2D eigenvalue weighted by molar-refractivity contribution is 5.96. The third-order valence-corrected chi connectivity index (χ3v) is 2.78. The van der Waals surface area contributed by atoms with Crippen molar-refractivity contribution in [1.82, 2.24) is 14.9 Å². The van der Waals surface area contributed by atoms with E-state index >= 15 is 0 Å². The second-order valence-electron chi connectivity index (χ2n) is 4.33. The number of carbonyl (C=O) groups excluding carboxylic acids is 1. The van der Waals surface area contributed by atoms with Crippen molar-refractivity contribution in [1.29, 1.82) is 0 Å². The Morgan fingerprint density at radius 2 is 2.33 bits per heavy atom. The second-order valence-corrected chi connectivity index (χ2v) is 4.33. The van der Waals surface area contributed by atoms with Crippen LogP contribution in [0.25, 0.3) is 0 Å². The third-order valence-electron chi connectivity index (χ3n) is 2.78. The highest BCUT2D eigenvalue weighted by atomic mass is 19.1. The van der Waals surface area contributed by atoms with Gasteiger partial charge < -0.3 is 20.4 Å². The van der Waals surface area contributed by atoms with Crippen LogP contribution < -0.4 is 15.8 Å². The van der Waals surface area contributed by atoms with Crippen LogP contribution in [0.1, 0.15) is 10.4 Å². The maximum Gasteiger partial charge on any atom is 0.255 e. The highest BCUT2D eigenvalue weighted by Crippen LogP contribution is 2.19. The Hall–Kier alpha value is -2.41. The van der Waals surface area contributed by atoms with E-state index < -0.39 is 5.82 Å². The first-order valence-corrected chi connectivity index (χ1v) is 6.57. The van der Waals surface area contributed by atoms with Crippen LogP contribution in [0.2, 0.25) is 0 Å². The molecule has 0 atom stereocenters. The summed E-state index contributed by atoms with van der Waals surface area (Å²) in [6.07, 6.45) is 5.11. The Bertz CT molecular complexity index is 587. The molecular weight excluding hydrogens is 275 g/mol. The molecule has 0 aliphatic heterocycles. The van der Waals surface area contributed by atoms with E-state index in [9.17, 15) is 9.18 Å². The van der Waals surface area contributed by atoms with Gasteiger partial charge in [0.05, 0.1) is 11.9 Å². The van der Waals surface area contributed by atoms with Gasteiger partial charge in [0.2, 0.25) is 0 Å². The van der Waals surface area contributed by atoms with Gasteiger partial charge in [-0.3, -0.25) is 4.79 Å². The predicted molar refractivity (Wildman–Crippen MR) is 75.5 cm³/mol. The zero-order valence-electron chi connectivity index (χ0n) is 11.5. The van der Waals surface area contributed by atoms with E-state index in [1.54, 1.807) is 18.7 Å². The summed E-state index contributed by atoms with van der Waals surface area (Å²) in [5.74, 6) is -0.557. The predicted octanol–water partition coefficient (Wildman–Crippen LogP) is 0.790. The molecule has 2 rings (SSSR count). The molecule has 3 N–H and O–H groups in total. The Morgan fingerprint density at radius 3 is 3.05 bits per heavy atom. The molecule has 0 saturated heterocycles. The first-order chi connectivity index (χ1) is 10.2. The Kier molecular flexibility index (Phi) is 5.28. The fourth-order valence-electron chi connectivity index (χ4n) is 1.79. The first kappa shape index (κ1) is 15.0. The number of nitrogens with two attached hydrogens (primary N) is 1. The summed E-state index contributed by atoms with van der Waals surface area (Å²) >= 11 is 0. The largest absolute Gasteiger partial charge is 0.491 e. The van der Waals surface area contributed by atoms with Crippen LogP contribution in [0, 0.1) is 5.82 Å². The smallest absolute Gasteiger partial charge is 0.255 e. The second kappa shape index (κ2) is 7.39. The van der Waals surface area contributed by atoms with Gasteiger partial charge in [0, 0.05) is 32.0 Å². The summed E-state index contributed by atoms with van der Waals surface area (Å²) in [4.78, 5) is 16.0. The lowest BCUT2D eigenvalue weighted by Crippen LogP contribution is -2.27. The van der Waals surface area contributed by atoms with Gasteiger partial charge in [0.15, 0.2) is 0 Å². The van der Waals surface area contributed by atoms with E-state index in [4.69, 9.17) is 10.5 Å². The molecule has 0 saturated carbocycles. The minimum Gasteiger partial charge on any atom is -0.491 e. The van der Waals surface area contributed by atoms with Crippen LogP contribution in [0.5, 0.6) is 5.75 Å². The van der Waals surface area contributed by atoms with Gasteiger partial charge in [-0.15, -0.1) is 0 Å². The van der Waals surface area contributed by atoms with Gasteiger partial charge in [-0.2, -0.15) is 0 Å². The van der Waals surface area contributed by atoms with Crippen molar-refractivity contribution in [3.8, 4) is 5.75 Å². The number of halogens is 1. The number of benzene rings is 1. The Balaban J connectivity index is 1.98. The molecule has 0 unspecified atom stereocenters. The number of imidazole rings is 1. The van der Waals surface area contributed by atoms with Crippen molar-refractivity contribution in [3.63, 3.8) is 0 Å². The number of hydrogen-bond acceptors (Lipinski definition) is 4. The molecule has 0 spiro atoms. The lowest BCUT2D eigenvalue weighted by Gasteiger charge is -2.11. The summed E-state index contributed by atoms with van der Waals surface area (Å²) in [6, 6.07) is 3.82. The molecule has 1 aromatic heterocycles. The van der Waals surface area contributed by atoms with E-state index in [0.29, 0.717) is 25.4 Å². The van der Waals surface area contributed by atoms with E-state index in [-0.39, 0.29) is 18.1 Å². The summed E-state index contributed by atoms with van der Waals surface area (Å²) in [5.41, 5.74) is 5.52. The van der Waals surface area contributed by atoms with Crippen molar-refractivity contribution in [2.24, 2.45) is 5.73 Å². The molecule has 0 fully saturated rings. The van der Waals surface area contributed by atoms with Crippen LogP contribution in [0.15, 0.2) is 36.9 Å². The molecule has 6 nitrogen and oxygen atoms in total. The number of hydrogen-bond donors (Lipinski definition) is 2. The van der Waals surface area contributed by atoms with Crippen molar-refractivity contribution in [3.05, 3.63) is 48.3 Å². The van der Waals surface area contributed by atoms with E-state index in [1.807, 2.05) is 4.57 Å². The average molecular weight is 292 g/mol. The molecule has 0 radical (unpaired) electrons. The minimum absolute atomic E-state index is 0.161. The summed E-state index contributed by atoms with van der Waals surface area (Å²) < 4.78 is 20.5. The summed E-state index contributed by atoms with van der Waals surface area (Å²) in [5, 5.41) is 2.72. The van der Waals surface area contributed by atoms with Crippen molar-refractivity contribution < 1.29 is 13.9 Å². The lowest BCUT2D eigenvalue weighted by molar-refractivity contribution is 0.0948. The van der Waals surface area contributed by atoms with Gasteiger partial charge >= 0.3 is 0 Å². The standard InChI is InChI=1S/C14H17FN4O2/c15-11-1-2-13(21-8-3-16)12(9-11)14(20)18-5-7-19-6-4-17-10-19/h1-2,4,6,9-10H,3,5,7-8,16H2,(H,18,20). The van der Waals surface area contributed by atoms with Gasteiger partial charge in [0.25, 0.3) is 5.91 Å². The highest BCUT2D eigenvalue weighted by Gasteiger charge is 2.13. The maximum absolute atomic E-state index is 13.3. The molecule has 1 amide bonds. The fourth-order valence-corrected chi connectivity index (χ4v) is 1.79. The van der Waals surface area contributed by atoms with Crippen LogP contribution in [-0.4, -0.2) is 35.2 Å². The zero-order chi connectivity index (χ0) is 15.1. The minimum atomic E-state index is -0.491. The van der Waals surface area contributed by atoms with Crippen molar-refractivity contribution >= 4 is 5.91 Å². The van der Waals surface area contributed by atoms with Gasteiger partial charge in [-0.05, 0) is 18.2 Å². The van der Waals surface area contributed by atoms with Gasteiger partial charge in [-0.25, -0.2) is 9.37 Å². The van der Waals surface area contributed by atoms with Crippen molar-refractivity contribution in [2.45, 2.75) is 6.54 Å². The summed E-state index contributed by atoms with van der Waals surface area (Å²) in [7, 11) is 0. The van der Waals surface area contributed by atoms with E-state index in [2.05, 4.69) is 10.3 Å². The molecular formula is C14H17FN4O2. The molecule has 1 heterocycles. The number of carbonyl (C=O) groups is 1. The number of amides is 1. The van der Waals surface area contributed by atoms with Crippen LogP contribution in [0.4, 0.5) is 4.39 Å². The first-order valence-electron chi connectivity index (χ1n) is 6.57. The lowest BCUT2D eigenvalue weighted by atomic mass is 10.2. The average Bonchev–Trinajstić information content (AvgIpc) is 2.99. The molecule has 2 aromatic rings. The monoisotopic (exact) mass is 292 g/mol. The molecule has 7 heteroatoms. The Labute approximate surface area is 121 Å². The molecule has 0 bridgehead atoms. The van der Waals surface area contributed by atoms with E-state index in [0.717, 1.165) is 6.07 Å². The number of nitrogens with zero attached hydrogens (tertiary/aromatic N) is 2. The van der Waals surface area contributed by atoms with Crippen molar-refractivity contribution in [2.75, 3.05) is 19.7 Å². The number of aromatic nitrogens is 2. The molecule has 21 heavy (non-hydrogen) atoms. The maximum atomic E-state index is 13.3. The Morgan fingerprint density at radius 1 is 1.48 bits per heavy atom. The van der Waals surface area contributed by atoms with Gasteiger partial charge in [0.1, 0.15) is 18.2 Å². The summed E-state index contributed by atoms with van der Waals surface area (Å²) in [6.45, 7) is 1.57. The number of ether oxygens (including phenoxy) is 1. The molecule has 0 aliphatic carbocycles. The molecule has 1 aromatic carbocycles. The molecule has 112 valence electrons. The zero-order valence-corrected chi connectivity index (χ0v) is 11.5. The SMILES string of the molecule is NCCOc1ccc(F)cc1C(=O)NCCn1ccnc1. The normalized spacial score (nSPS) is 10.4. The van der Waals surface area contributed by atoms with Gasteiger partial charge in [-0.1, -0.05) is 0 Å². The topological polar surface area (TPSA) is 82.2 Å². The van der Waals surface area contributed by atoms with Crippen LogP contribution in [-0.2, 0) is 6.54 Å². The fraction of sp³-hybridized carbons (Fsp3) is 0.286. The van der Waals surface area contributed by atoms with Crippen LogP contribution in [0.3, 0.4) is 0 Å². The number of nitrogens with one attached hydrogen (secondary N) is 1. The number of rotatable bonds is 7. The third kappa shape index (κ3) is 4.28. The molecule has 0 aliphatic rings.